The van der Waals surface area contributed by atoms with E-state index in [9.17, 15) is 4.79 Å². The highest BCUT2D eigenvalue weighted by Crippen LogP contribution is 2.14. The van der Waals surface area contributed by atoms with E-state index in [4.69, 9.17) is 10.4 Å². The number of hydrogen-bond donors (Lipinski definition) is 2. The molecular weight excluding hydrogens is 236 g/mol. The Balaban J connectivity index is 3.03. The molecule has 1 aliphatic rings. The summed E-state index contributed by atoms with van der Waals surface area (Å²) in [5.74, 6) is -1.24. The molecule has 0 aromatic rings. The lowest BCUT2D eigenvalue weighted by atomic mass is 10.2. The molecule has 0 radical (unpaired) electrons. The van der Waals surface area contributed by atoms with Gasteiger partial charge in [-0.1, -0.05) is 0 Å². The van der Waals surface area contributed by atoms with Gasteiger partial charge in [-0.25, -0.2) is 4.79 Å². The first kappa shape index (κ1) is 9.55. The molecule has 0 bridgehead atoms. The summed E-state index contributed by atoms with van der Waals surface area (Å²) in [6, 6.07) is 1.61. The van der Waals surface area contributed by atoms with Crippen LogP contribution in [0.1, 0.15) is 0 Å². The van der Waals surface area contributed by atoms with Crippen molar-refractivity contribution in [2.45, 2.75) is 0 Å². The van der Waals surface area contributed by atoms with Gasteiger partial charge < -0.3 is 10.4 Å². The van der Waals surface area contributed by atoms with Crippen molar-refractivity contribution >= 4 is 21.9 Å². The summed E-state index contributed by atoms with van der Waals surface area (Å²) in [6.45, 7) is 0. The second-order valence-electron chi connectivity index (χ2n) is 2.21. The van der Waals surface area contributed by atoms with Gasteiger partial charge in [0, 0.05) is 10.7 Å². The van der Waals surface area contributed by atoms with Gasteiger partial charge in [0.15, 0.2) is 5.57 Å². The average Bonchev–Trinajstić information content (AvgIpc) is 2.09. The van der Waals surface area contributed by atoms with Crippen LogP contribution in [0.2, 0.25) is 0 Å². The van der Waals surface area contributed by atoms with E-state index in [1.165, 1.54) is 6.08 Å². The van der Waals surface area contributed by atoms with E-state index in [0.29, 0.717) is 5.70 Å². The standard InChI is InChI=1S/C8H5BrN2O2/c9-5-1-2-7(11-4-5)6(3-10)8(12)13/h1-2,4,11H,(H,12,13)/b7-6+. The van der Waals surface area contributed by atoms with Gasteiger partial charge in [0.2, 0.25) is 0 Å². The Kier molecular flexibility index (Phi) is 2.88. The summed E-state index contributed by atoms with van der Waals surface area (Å²) >= 11 is 3.18. The van der Waals surface area contributed by atoms with Crippen LogP contribution in [0.15, 0.2) is 34.1 Å². The van der Waals surface area contributed by atoms with Crippen molar-refractivity contribution in [3.05, 3.63) is 34.1 Å². The van der Waals surface area contributed by atoms with Gasteiger partial charge in [-0.2, -0.15) is 5.26 Å². The van der Waals surface area contributed by atoms with Crippen molar-refractivity contribution in [2.75, 3.05) is 0 Å². The summed E-state index contributed by atoms with van der Waals surface area (Å²) in [6.07, 6.45) is 4.75. The van der Waals surface area contributed by atoms with Crippen LogP contribution in [-0.4, -0.2) is 11.1 Å². The number of rotatable bonds is 1. The Labute approximate surface area is 83.0 Å². The van der Waals surface area contributed by atoms with Crippen LogP contribution in [-0.2, 0) is 4.79 Å². The number of nitrogens with zero attached hydrogens (tertiary/aromatic N) is 1. The molecule has 0 spiro atoms. The summed E-state index contributed by atoms with van der Waals surface area (Å²) in [5.41, 5.74) is -0.00861. The fourth-order valence-corrected chi connectivity index (χ4v) is 1.03. The second-order valence-corrected chi connectivity index (χ2v) is 3.13. The lowest BCUT2D eigenvalue weighted by molar-refractivity contribution is -0.132. The van der Waals surface area contributed by atoms with Gasteiger partial charge >= 0.3 is 5.97 Å². The average molecular weight is 241 g/mol. The van der Waals surface area contributed by atoms with E-state index in [1.807, 2.05) is 0 Å². The molecule has 66 valence electrons. The maximum absolute atomic E-state index is 10.5. The SMILES string of the molecule is N#C/C(C(=O)O)=C1/C=CC(Br)=CN1. The minimum atomic E-state index is -1.24. The number of allylic oxidation sites excluding steroid dienone is 3. The molecule has 2 N–H and O–H groups in total. The van der Waals surface area contributed by atoms with E-state index in [-0.39, 0.29) is 5.57 Å². The summed E-state index contributed by atoms with van der Waals surface area (Å²) < 4.78 is 0.791. The third-order valence-corrected chi connectivity index (χ3v) is 1.86. The lowest BCUT2D eigenvalue weighted by Gasteiger charge is -2.07. The van der Waals surface area contributed by atoms with Crippen LogP contribution < -0.4 is 5.32 Å². The Morgan fingerprint density at radius 3 is 2.69 bits per heavy atom. The first-order chi connectivity index (χ1) is 6.15. The quantitative estimate of drug-likeness (QED) is 0.535. The minimum Gasteiger partial charge on any atom is -0.477 e. The maximum atomic E-state index is 10.5. The van der Waals surface area contributed by atoms with Crippen molar-refractivity contribution < 1.29 is 9.90 Å². The summed E-state index contributed by atoms with van der Waals surface area (Å²) in [7, 11) is 0. The molecule has 1 aliphatic heterocycles. The zero-order valence-corrected chi connectivity index (χ0v) is 8.00. The second kappa shape index (κ2) is 3.92. The molecule has 0 aromatic carbocycles. The maximum Gasteiger partial charge on any atom is 0.348 e. The highest BCUT2D eigenvalue weighted by atomic mass is 79.9. The molecule has 0 atom stereocenters. The number of nitriles is 1. The highest BCUT2D eigenvalue weighted by Gasteiger charge is 2.12. The van der Waals surface area contributed by atoms with Crippen molar-refractivity contribution in [3.8, 4) is 6.07 Å². The lowest BCUT2D eigenvalue weighted by Crippen LogP contribution is -2.13. The molecule has 0 unspecified atom stereocenters. The van der Waals surface area contributed by atoms with Gasteiger partial charge in [-0.15, -0.1) is 0 Å². The van der Waals surface area contributed by atoms with Gasteiger partial charge in [-0.3, -0.25) is 0 Å². The highest BCUT2D eigenvalue weighted by molar-refractivity contribution is 9.11. The number of dihydropyridines is 1. The monoisotopic (exact) mass is 240 g/mol. The van der Waals surface area contributed by atoms with Crippen LogP contribution >= 0.6 is 15.9 Å². The summed E-state index contributed by atoms with van der Waals surface area (Å²) in [5, 5.41) is 19.8. The predicted molar refractivity (Wildman–Crippen MR) is 49.6 cm³/mol. The topological polar surface area (TPSA) is 73.1 Å². The molecule has 13 heavy (non-hydrogen) atoms. The van der Waals surface area contributed by atoms with E-state index in [0.717, 1.165) is 4.48 Å². The van der Waals surface area contributed by atoms with Crippen LogP contribution in [0.3, 0.4) is 0 Å². The normalized spacial score (nSPS) is 18.3. The van der Waals surface area contributed by atoms with Crippen LogP contribution in [0, 0.1) is 11.3 Å². The Hall–Kier alpha value is -1.54. The van der Waals surface area contributed by atoms with Gasteiger partial charge in [0.05, 0.1) is 5.70 Å². The molecule has 0 aliphatic carbocycles. The molecule has 0 saturated heterocycles. The summed E-state index contributed by atoms with van der Waals surface area (Å²) in [4.78, 5) is 10.5. The number of nitrogens with one attached hydrogen (secondary N) is 1. The van der Waals surface area contributed by atoms with E-state index in [2.05, 4.69) is 21.2 Å². The van der Waals surface area contributed by atoms with Gasteiger partial charge in [0.1, 0.15) is 6.07 Å². The van der Waals surface area contributed by atoms with Crippen molar-refractivity contribution in [2.24, 2.45) is 0 Å². The molecule has 5 heteroatoms. The van der Waals surface area contributed by atoms with Crippen molar-refractivity contribution in [1.29, 1.82) is 5.26 Å². The van der Waals surface area contributed by atoms with Gasteiger partial charge in [0.25, 0.3) is 0 Å². The zero-order chi connectivity index (χ0) is 9.84. The third kappa shape index (κ3) is 2.20. The number of halogens is 1. The third-order valence-electron chi connectivity index (χ3n) is 1.37. The Bertz CT molecular complexity index is 374. The van der Waals surface area contributed by atoms with Crippen LogP contribution in [0.5, 0.6) is 0 Å². The number of hydrogen-bond acceptors (Lipinski definition) is 3. The first-order valence-electron chi connectivity index (χ1n) is 3.33. The molecule has 1 heterocycles. The first-order valence-corrected chi connectivity index (χ1v) is 4.12. The van der Waals surface area contributed by atoms with E-state index >= 15 is 0 Å². The molecular formula is C8H5BrN2O2. The zero-order valence-electron chi connectivity index (χ0n) is 6.41. The molecule has 0 amide bonds. The van der Waals surface area contributed by atoms with E-state index in [1.54, 1.807) is 18.3 Å². The predicted octanol–water partition coefficient (Wildman–Crippen LogP) is 1.24. The molecule has 4 nitrogen and oxygen atoms in total. The molecule has 0 fully saturated rings. The van der Waals surface area contributed by atoms with Crippen molar-refractivity contribution in [1.82, 2.24) is 5.32 Å². The van der Waals surface area contributed by atoms with E-state index < -0.39 is 5.97 Å². The fourth-order valence-electron chi connectivity index (χ4n) is 0.785. The van der Waals surface area contributed by atoms with Crippen molar-refractivity contribution in [3.63, 3.8) is 0 Å². The number of carbonyl (C=O) groups is 1. The van der Waals surface area contributed by atoms with Crippen LogP contribution in [0.4, 0.5) is 0 Å². The van der Waals surface area contributed by atoms with Crippen LogP contribution in [0.25, 0.3) is 0 Å². The smallest absolute Gasteiger partial charge is 0.348 e. The fraction of sp³-hybridized carbons (Fsp3) is 0. The largest absolute Gasteiger partial charge is 0.477 e. The molecule has 0 aromatic heterocycles. The minimum absolute atomic E-state index is 0.290. The molecule has 0 saturated carbocycles. The number of carboxylic acid groups (broad SMARTS) is 1. The molecule has 1 rings (SSSR count). The Morgan fingerprint density at radius 1 is 1.62 bits per heavy atom. The number of carboxylic acids is 1. The number of aliphatic carboxylic acids is 1. The van der Waals surface area contributed by atoms with Gasteiger partial charge in [-0.05, 0) is 28.1 Å². The Morgan fingerprint density at radius 2 is 2.31 bits per heavy atom.